The third-order valence-electron chi connectivity index (χ3n) is 5.38. The van der Waals surface area contributed by atoms with Gasteiger partial charge in [0.05, 0.1) is 12.0 Å². The van der Waals surface area contributed by atoms with Gasteiger partial charge in [-0.05, 0) is 49.9 Å². The summed E-state index contributed by atoms with van der Waals surface area (Å²) in [4.78, 5) is 17.6. The predicted octanol–water partition coefficient (Wildman–Crippen LogP) is 5.14. The molecule has 0 spiro atoms. The summed E-state index contributed by atoms with van der Waals surface area (Å²) >= 11 is 1.79. The van der Waals surface area contributed by atoms with E-state index in [1.807, 2.05) is 18.2 Å². The fraction of sp³-hybridized carbons (Fsp3) is 0.450. The van der Waals surface area contributed by atoms with Crippen LogP contribution in [-0.2, 0) is 4.79 Å². The van der Waals surface area contributed by atoms with E-state index in [0.29, 0.717) is 12.0 Å². The molecule has 2 aliphatic rings. The number of amides is 1. The van der Waals surface area contributed by atoms with Gasteiger partial charge in [-0.3, -0.25) is 4.79 Å². The number of thiophene rings is 1. The van der Waals surface area contributed by atoms with E-state index >= 15 is 0 Å². The van der Waals surface area contributed by atoms with Gasteiger partial charge in [0.2, 0.25) is 5.91 Å². The number of hydrogen-bond donors (Lipinski definition) is 0. The van der Waals surface area contributed by atoms with E-state index < -0.39 is 0 Å². The number of aryl methyl sites for hydroxylation is 1. The Kier molecular flexibility index (Phi) is 3.98. The molecule has 0 radical (unpaired) electrons. The Labute approximate surface area is 142 Å². The van der Waals surface area contributed by atoms with Crippen molar-refractivity contribution in [1.29, 1.82) is 0 Å². The molecule has 3 heteroatoms. The van der Waals surface area contributed by atoms with Crippen LogP contribution in [0.25, 0.3) is 0 Å². The van der Waals surface area contributed by atoms with E-state index in [0.717, 1.165) is 5.69 Å². The molecular formula is C20H23NOS. The number of benzene rings is 1. The molecule has 1 saturated carbocycles. The maximum atomic E-state index is 13.0. The zero-order valence-electron chi connectivity index (χ0n) is 13.6. The maximum Gasteiger partial charge on any atom is 0.237 e. The summed E-state index contributed by atoms with van der Waals surface area (Å²) in [6.07, 6.45) is 6.51. The molecule has 0 bridgehead atoms. The number of hydrogen-bond acceptors (Lipinski definition) is 2. The van der Waals surface area contributed by atoms with Gasteiger partial charge in [-0.1, -0.05) is 37.5 Å². The zero-order valence-corrected chi connectivity index (χ0v) is 14.4. The van der Waals surface area contributed by atoms with Crippen molar-refractivity contribution in [2.45, 2.75) is 51.0 Å². The molecule has 1 aromatic carbocycles. The number of anilines is 1. The van der Waals surface area contributed by atoms with Crippen LogP contribution in [0, 0.1) is 12.8 Å². The van der Waals surface area contributed by atoms with Crippen LogP contribution < -0.4 is 4.90 Å². The molecule has 1 saturated heterocycles. The molecule has 120 valence electrons. The van der Waals surface area contributed by atoms with Gasteiger partial charge in [0, 0.05) is 15.4 Å². The first-order valence-corrected chi connectivity index (χ1v) is 9.52. The molecule has 2 heterocycles. The molecule has 2 fully saturated rings. The van der Waals surface area contributed by atoms with Crippen molar-refractivity contribution in [3.63, 3.8) is 0 Å². The average molecular weight is 325 g/mol. The van der Waals surface area contributed by atoms with Gasteiger partial charge in [-0.15, -0.1) is 11.3 Å². The van der Waals surface area contributed by atoms with Crippen LogP contribution in [0.1, 0.15) is 47.8 Å². The van der Waals surface area contributed by atoms with Crippen LogP contribution in [0.2, 0.25) is 0 Å². The minimum Gasteiger partial charge on any atom is -0.307 e. The molecular weight excluding hydrogens is 302 g/mol. The Hall–Kier alpha value is -1.61. The third kappa shape index (κ3) is 2.61. The molecule has 0 unspecified atom stereocenters. The lowest BCUT2D eigenvalue weighted by molar-refractivity contribution is -0.127. The molecule has 23 heavy (non-hydrogen) atoms. The summed E-state index contributed by atoms with van der Waals surface area (Å²) in [5.74, 6) is 1.01. The number of β-lactam (4-membered cyclic amide) rings is 1. The second kappa shape index (κ2) is 6.12. The molecule has 2 atom stereocenters. The second-order valence-corrected chi connectivity index (χ2v) is 8.18. The van der Waals surface area contributed by atoms with E-state index in [2.05, 4.69) is 36.1 Å². The molecule has 1 aliphatic heterocycles. The minimum atomic E-state index is 0.0806. The lowest BCUT2D eigenvalue weighted by Gasteiger charge is -2.51. The van der Waals surface area contributed by atoms with Crippen molar-refractivity contribution in [2.24, 2.45) is 5.92 Å². The van der Waals surface area contributed by atoms with Gasteiger partial charge >= 0.3 is 0 Å². The van der Waals surface area contributed by atoms with Crippen LogP contribution in [0.4, 0.5) is 5.69 Å². The lowest BCUT2D eigenvalue weighted by atomic mass is 9.72. The Morgan fingerprint density at radius 3 is 2.39 bits per heavy atom. The summed E-state index contributed by atoms with van der Waals surface area (Å²) in [7, 11) is 0. The first-order valence-electron chi connectivity index (χ1n) is 8.70. The number of nitrogens with zero attached hydrogens (tertiary/aromatic N) is 1. The quantitative estimate of drug-likeness (QED) is 0.716. The van der Waals surface area contributed by atoms with Crippen LogP contribution >= 0.6 is 11.3 Å². The predicted molar refractivity (Wildman–Crippen MR) is 96.1 cm³/mol. The maximum absolute atomic E-state index is 13.0. The van der Waals surface area contributed by atoms with E-state index in [4.69, 9.17) is 0 Å². The summed E-state index contributed by atoms with van der Waals surface area (Å²) in [5.41, 5.74) is 1.07. The molecule has 2 nitrogen and oxygen atoms in total. The third-order valence-corrected chi connectivity index (χ3v) is 6.46. The van der Waals surface area contributed by atoms with Crippen LogP contribution in [0.15, 0.2) is 42.5 Å². The van der Waals surface area contributed by atoms with Gasteiger partial charge in [-0.25, -0.2) is 0 Å². The normalized spacial score (nSPS) is 25.4. The molecule has 1 aromatic heterocycles. The molecule has 0 N–H and O–H groups in total. The van der Waals surface area contributed by atoms with E-state index in [9.17, 15) is 4.79 Å². The molecule has 1 aliphatic carbocycles. The van der Waals surface area contributed by atoms with Crippen LogP contribution in [0.3, 0.4) is 0 Å². The summed E-state index contributed by atoms with van der Waals surface area (Å²) in [6, 6.07) is 14.9. The Morgan fingerprint density at radius 1 is 1.00 bits per heavy atom. The molecule has 2 aromatic rings. The Morgan fingerprint density at radius 2 is 1.74 bits per heavy atom. The number of carbonyl (C=O) groups is 1. The summed E-state index contributed by atoms with van der Waals surface area (Å²) in [5, 5.41) is 0. The first kappa shape index (κ1) is 14.9. The van der Waals surface area contributed by atoms with Crippen molar-refractivity contribution in [3.05, 3.63) is 52.2 Å². The van der Waals surface area contributed by atoms with Gasteiger partial charge in [0.15, 0.2) is 0 Å². The second-order valence-electron chi connectivity index (χ2n) is 6.86. The number of para-hydroxylation sites is 1. The Bertz CT molecular complexity index is 687. The molecule has 4 rings (SSSR count). The van der Waals surface area contributed by atoms with Gasteiger partial charge in [0.25, 0.3) is 0 Å². The van der Waals surface area contributed by atoms with E-state index in [1.165, 1.54) is 41.9 Å². The SMILES string of the molecule is Cc1ccc([C@H]2C(=O)N(c3ccccc3)[C@H]2C2CCCCC2)s1. The lowest BCUT2D eigenvalue weighted by Crippen LogP contribution is -2.62. The summed E-state index contributed by atoms with van der Waals surface area (Å²) < 4.78 is 0. The fourth-order valence-electron chi connectivity index (χ4n) is 4.27. The summed E-state index contributed by atoms with van der Waals surface area (Å²) in [6.45, 7) is 2.13. The van der Waals surface area contributed by atoms with E-state index in [-0.39, 0.29) is 11.8 Å². The van der Waals surface area contributed by atoms with Crippen LogP contribution in [-0.4, -0.2) is 11.9 Å². The smallest absolute Gasteiger partial charge is 0.237 e. The number of rotatable bonds is 3. The standard InChI is InChI=1S/C20H23NOS/c1-14-12-13-17(23-14)18-19(15-8-4-2-5-9-15)21(20(18)22)16-10-6-3-7-11-16/h3,6-7,10-13,15,18-19H,2,4-5,8-9H2,1H3/t18-,19+/m1/s1. The van der Waals surface area contributed by atoms with E-state index in [1.54, 1.807) is 11.3 Å². The van der Waals surface area contributed by atoms with Gasteiger partial charge < -0.3 is 4.90 Å². The zero-order chi connectivity index (χ0) is 15.8. The van der Waals surface area contributed by atoms with Crippen molar-refractivity contribution < 1.29 is 4.79 Å². The van der Waals surface area contributed by atoms with Gasteiger partial charge in [0.1, 0.15) is 0 Å². The minimum absolute atomic E-state index is 0.0806. The highest BCUT2D eigenvalue weighted by Gasteiger charge is 2.52. The number of carbonyl (C=O) groups excluding carboxylic acids is 1. The Balaban J connectivity index is 1.68. The highest BCUT2D eigenvalue weighted by Crippen LogP contribution is 2.47. The monoisotopic (exact) mass is 325 g/mol. The largest absolute Gasteiger partial charge is 0.307 e. The van der Waals surface area contributed by atoms with Crippen molar-refractivity contribution in [3.8, 4) is 0 Å². The topological polar surface area (TPSA) is 20.3 Å². The fourth-order valence-corrected chi connectivity index (χ4v) is 5.28. The van der Waals surface area contributed by atoms with Gasteiger partial charge in [-0.2, -0.15) is 0 Å². The highest BCUT2D eigenvalue weighted by atomic mass is 32.1. The highest BCUT2D eigenvalue weighted by molar-refractivity contribution is 7.12. The average Bonchev–Trinajstić information content (AvgIpc) is 3.00. The first-order chi connectivity index (χ1) is 11.3. The van der Waals surface area contributed by atoms with Crippen molar-refractivity contribution in [2.75, 3.05) is 4.90 Å². The van der Waals surface area contributed by atoms with Crippen LogP contribution in [0.5, 0.6) is 0 Å². The van der Waals surface area contributed by atoms with Crippen molar-refractivity contribution in [1.82, 2.24) is 0 Å². The molecule has 1 amide bonds. The van der Waals surface area contributed by atoms with Crippen molar-refractivity contribution >= 4 is 22.9 Å².